The van der Waals surface area contributed by atoms with E-state index in [9.17, 15) is 4.79 Å². The Morgan fingerprint density at radius 2 is 1.75 bits per heavy atom. The topological polar surface area (TPSA) is 61.1 Å². The van der Waals surface area contributed by atoms with Crippen molar-refractivity contribution in [1.82, 2.24) is 14.9 Å². The molecule has 1 aliphatic rings. The normalized spacial score (nSPS) is 15.3. The second kappa shape index (κ2) is 9.05. The first-order valence-electron chi connectivity index (χ1n) is 11.5. The van der Waals surface area contributed by atoms with Crippen LogP contribution in [0, 0.1) is 0 Å². The first kappa shape index (κ1) is 20.6. The lowest BCUT2D eigenvalue weighted by atomic mass is 9.89. The van der Waals surface area contributed by atoms with E-state index in [0.29, 0.717) is 5.92 Å². The number of rotatable bonds is 6. The zero-order chi connectivity index (χ0) is 21.9. The van der Waals surface area contributed by atoms with Crippen molar-refractivity contribution in [2.24, 2.45) is 0 Å². The van der Waals surface area contributed by atoms with Crippen molar-refractivity contribution in [3.05, 3.63) is 93.9 Å². The second-order valence-corrected chi connectivity index (χ2v) is 8.65. The predicted molar refractivity (Wildman–Crippen MR) is 129 cm³/mol. The number of benzene rings is 3. The molecule has 0 saturated carbocycles. The largest absolute Gasteiger partial charge is 0.457 e. The van der Waals surface area contributed by atoms with Crippen LogP contribution in [0.25, 0.3) is 11.0 Å². The van der Waals surface area contributed by atoms with Crippen LogP contribution in [-0.2, 0) is 13.0 Å². The number of nitrogens with zero attached hydrogens (tertiary/aromatic N) is 1. The summed E-state index contributed by atoms with van der Waals surface area (Å²) in [5.41, 5.74) is 5.45. The molecule has 3 aromatic carbocycles. The van der Waals surface area contributed by atoms with Crippen LogP contribution in [0.2, 0.25) is 0 Å². The van der Waals surface area contributed by atoms with E-state index >= 15 is 0 Å². The standard InChI is InChI=1S/C27H29N3O2/c1-2-20-7-3-4-9-26(20)32-23-8-5-6-19(16-23)18-30-14-12-21(13-15-30)22-10-11-24-25(17-22)29-27(31)28-24/h3-11,16-17,21H,2,12-15,18H2,1H3,(H2,28,29,31). The highest BCUT2D eigenvalue weighted by molar-refractivity contribution is 5.75. The average Bonchev–Trinajstić information content (AvgIpc) is 3.19. The number of hydrogen-bond donors (Lipinski definition) is 2. The molecule has 0 radical (unpaired) electrons. The van der Waals surface area contributed by atoms with Gasteiger partial charge in [0.25, 0.3) is 0 Å². The third kappa shape index (κ3) is 4.48. The molecule has 1 fully saturated rings. The number of imidazole rings is 1. The molecule has 5 heteroatoms. The van der Waals surface area contributed by atoms with Gasteiger partial charge >= 0.3 is 5.69 Å². The number of para-hydroxylation sites is 1. The van der Waals surface area contributed by atoms with Crippen molar-refractivity contribution in [3.8, 4) is 11.5 Å². The summed E-state index contributed by atoms with van der Waals surface area (Å²) in [6.07, 6.45) is 3.21. The predicted octanol–water partition coefficient (Wildman–Crippen LogP) is 5.59. The summed E-state index contributed by atoms with van der Waals surface area (Å²) in [6, 6.07) is 23.0. The molecule has 5 nitrogen and oxygen atoms in total. The third-order valence-electron chi connectivity index (χ3n) is 6.48. The second-order valence-electron chi connectivity index (χ2n) is 8.65. The zero-order valence-corrected chi connectivity index (χ0v) is 18.4. The first-order chi connectivity index (χ1) is 15.7. The van der Waals surface area contributed by atoms with Gasteiger partial charge in [-0.2, -0.15) is 0 Å². The number of aromatic amines is 2. The number of ether oxygens (including phenoxy) is 1. The van der Waals surface area contributed by atoms with Gasteiger partial charge in [0.1, 0.15) is 11.5 Å². The Balaban J connectivity index is 1.21. The number of aromatic nitrogens is 2. The Morgan fingerprint density at radius 1 is 0.938 bits per heavy atom. The molecule has 1 aromatic heterocycles. The highest BCUT2D eigenvalue weighted by Gasteiger charge is 2.21. The van der Waals surface area contributed by atoms with Crippen molar-refractivity contribution in [1.29, 1.82) is 0 Å². The minimum atomic E-state index is -0.142. The summed E-state index contributed by atoms with van der Waals surface area (Å²) < 4.78 is 6.20. The van der Waals surface area contributed by atoms with Crippen molar-refractivity contribution < 1.29 is 4.74 Å². The molecule has 32 heavy (non-hydrogen) atoms. The van der Waals surface area contributed by atoms with Gasteiger partial charge in [0.2, 0.25) is 0 Å². The fraction of sp³-hybridized carbons (Fsp3) is 0.296. The summed E-state index contributed by atoms with van der Waals surface area (Å²) in [5, 5.41) is 0. The number of likely N-dealkylation sites (tertiary alicyclic amines) is 1. The first-order valence-corrected chi connectivity index (χ1v) is 11.5. The van der Waals surface area contributed by atoms with E-state index in [4.69, 9.17) is 4.74 Å². The Bertz CT molecular complexity index is 1270. The lowest BCUT2D eigenvalue weighted by molar-refractivity contribution is 0.204. The quantitative estimate of drug-likeness (QED) is 0.422. The van der Waals surface area contributed by atoms with Gasteiger partial charge in [0.15, 0.2) is 0 Å². The monoisotopic (exact) mass is 427 g/mol. The third-order valence-corrected chi connectivity index (χ3v) is 6.48. The summed E-state index contributed by atoms with van der Waals surface area (Å²) in [5.74, 6) is 2.37. The van der Waals surface area contributed by atoms with Crippen molar-refractivity contribution >= 4 is 11.0 Å². The molecule has 0 bridgehead atoms. The number of hydrogen-bond acceptors (Lipinski definition) is 3. The molecule has 0 amide bonds. The number of piperidine rings is 1. The Hall–Kier alpha value is -3.31. The van der Waals surface area contributed by atoms with E-state index in [1.54, 1.807) is 0 Å². The summed E-state index contributed by atoms with van der Waals surface area (Å²) in [4.78, 5) is 19.7. The molecule has 0 spiro atoms. The van der Waals surface area contributed by atoms with Crippen LogP contribution >= 0.6 is 0 Å². The van der Waals surface area contributed by atoms with Gasteiger partial charge in [-0.3, -0.25) is 4.90 Å². The van der Waals surface area contributed by atoms with Gasteiger partial charge in [-0.25, -0.2) is 4.79 Å². The highest BCUT2D eigenvalue weighted by Crippen LogP contribution is 2.31. The molecule has 0 atom stereocenters. The molecule has 4 aromatic rings. The van der Waals surface area contributed by atoms with Crippen LogP contribution < -0.4 is 10.4 Å². The minimum absolute atomic E-state index is 0.142. The molecule has 0 aliphatic carbocycles. The average molecular weight is 428 g/mol. The SMILES string of the molecule is CCc1ccccc1Oc1cccc(CN2CCC(c3ccc4[nH]c(=O)[nH]c4c3)CC2)c1. The lowest BCUT2D eigenvalue weighted by Crippen LogP contribution is -2.32. The smallest absolute Gasteiger partial charge is 0.323 e. The summed E-state index contributed by atoms with van der Waals surface area (Å²) >= 11 is 0. The van der Waals surface area contributed by atoms with E-state index in [1.165, 1.54) is 16.7 Å². The number of H-pyrrole nitrogens is 2. The van der Waals surface area contributed by atoms with Crippen LogP contribution in [0.5, 0.6) is 11.5 Å². The van der Waals surface area contributed by atoms with Crippen LogP contribution in [-0.4, -0.2) is 28.0 Å². The van der Waals surface area contributed by atoms with Crippen LogP contribution in [0.15, 0.2) is 71.5 Å². The van der Waals surface area contributed by atoms with E-state index in [1.807, 2.05) is 24.3 Å². The number of aryl methyl sites for hydroxylation is 1. The highest BCUT2D eigenvalue weighted by atomic mass is 16.5. The molecule has 2 N–H and O–H groups in total. The van der Waals surface area contributed by atoms with Crippen molar-refractivity contribution in [2.45, 2.75) is 38.6 Å². The summed E-state index contributed by atoms with van der Waals surface area (Å²) in [6.45, 7) is 5.22. The summed E-state index contributed by atoms with van der Waals surface area (Å²) in [7, 11) is 0. The Kier molecular flexibility index (Phi) is 5.82. The fourth-order valence-electron chi connectivity index (χ4n) is 4.72. The van der Waals surface area contributed by atoms with E-state index in [2.05, 4.69) is 64.3 Å². The van der Waals surface area contributed by atoms with Gasteiger partial charge in [0.05, 0.1) is 11.0 Å². The van der Waals surface area contributed by atoms with Crippen LogP contribution in [0.1, 0.15) is 42.4 Å². The maximum absolute atomic E-state index is 11.5. The van der Waals surface area contributed by atoms with E-state index < -0.39 is 0 Å². The fourth-order valence-corrected chi connectivity index (χ4v) is 4.72. The molecular formula is C27H29N3O2. The Morgan fingerprint density at radius 3 is 2.59 bits per heavy atom. The molecular weight excluding hydrogens is 398 g/mol. The maximum Gasteiger partial charge on any atom is 0.323 e. The maximum atomic E-state index is 11.5. The van der Waals surface area contributed by atoms with Gasteiger partial charge in [-0.1, -0.05) is 43.3 Å². The molecule has 1 saturated heterocycles. The van der Waals surface area contributed by atoms with Gasteiger partial charge in [0, 0.05) is 6.54 Å². The molecule has 2 heterocycles. The van der Waals surface area contributed by atoms with E-state index in [0.717, 1.165) is 61.4 Å². The minimum Gasteiger partial charge on any atom is -0.457 e. The van der Waals surface area contributed by atoms with Crippen LogP contribution in [0.4, 0.5) is 0 Å². The van der Waals surface area contributed by atoms with Crippen molar-refractivity contribution in [2.75, 3.05) is 13.1 Å². The van der Waals surface area contributed by atoms with Crippen LogP contribution in [0.3, 0.4) is 0 Å². The number of fused-ring (bicyclic) bond motifs is 1. The lowest BCUT2D eigenvalue weighted by Gasteiger charge is -2.32. The van der Waals surface area contributed by atoms with Crippen molar-refractivity contribution in [3.63, 3.8) is 0 Å². The van der Waals surface area contributed by atoms with Gasteiger partial charge in [-0.05, 0) is 85.3 Å². The molecule has 164 valence electrons. The number of nitrogens with one attached hydrogen (secondary N) is 2. The van der Waals surface area contributed by atoms with Gasteiger partial charge < -0.3 is 14.7 Å². The van der Waals surface area contributed by atoms with Gasteiger partial charge in [-0.15, -0.1) is 0 Å². The van der Waals surface area contributed by atoms with E-state index in [-0.39, 0.29) is 5.69 Å². The zero-order valence-electron chi connectivity index (χ0n) is 18.4. The molecule has 0 unspecified atom stereocenters. The Labute approximate surface area is 188 Å². The molecule has 1 aliphatic heterocycles. The molecule has 5 rings (SSSR count).